The van der Waals surface area contributed by atoms with Crippen LogP contribution in [0, 0.1) is 0 Å². The molecule has 1 N–H and O–H groups in total. The molecule has 4 nitrogen and oxygen atoms in total. The van der Waals surface area contributed by atoms with Crippen LogP contribution in [-0.2, 0) is 4.74 Å². The van der Waals surface area contributed by atoms with E-state index >= 15 is 0 Å². The van der Waals surface area contributed by atoms with Crippen molar-refractivity contribution in [1.29, 1.82) is 0 Å². The van der Waals surface area contributed by atoms with Crippen LogP contribution in [0.3, 0.4) is 0 Å². The highest BCUT2D eigenvalue weighted by Crippen LogP contribution is 2.18. The molecule has 0 saturated heterocycles. The predicted molar refractivity (Wildman–Crippen MR) is 50.3 cm³/mol. The van der Waals surface area contributed by atoms with Crippen LogP contribution in [0.5, 0.6) is 0 Å². The van der Waals surface area contributed by atoms with Crippen LogP contribution in [0.2, 0.25) is 5.15 Å². The standard InChI is InChI=1S/C8H6ClF3N2O2/c9-6-5(2-1-3-13-6)14-7(15)16-4-8(10,11)12/h1-3H,4H2,(H,14,15). The molecule has 0 aliphatic heterocycles. The van der Waals surface area contributed by atoms with Crippen LogP contribution in [0.15, 0.2) is 18.3 Å². The monoisotopic (exact) mass is 254 g/mol. The van der Waals surface area contributed by atoms with Gasteiger partial charge in [0.2, 0.25) is 0 Å². The molecule has 0 fully saturated rings. The van der Waals surface area contributed by atoms with E-state index in [-0.39, 0.29) is 10.8 Å². The number of nitrogens with one attached hydrogen (secondary N) is 1. The number of pyridine rings is 1. The molecule has 0 aromatic carbocycles. The van der Waals surface area contributed by atoms with Gasteiger partial charge in [-0.25, -0.2) is 9.78 Å². The van der Waals surface area contributed by atoms with Crippen LogP contribution in [0.4, 0.5) is 23.7 Å². The summed E-state index contributed by atoms with van der Waals surface area (Å²) < 4.78 is 39.0. The number of carbonyl (C=O) groups is 1. The smallest absolute Gasteiger partial charge is 0.422 e. The number of alkyl halides is 3. The Morgan fingerprint density at radius 2 is 2.25 bits per heavy atom. The summed E-state index contributed by atoms with van der Waals surface area (Å²) in [4.78, 5) is 14.5. The molecule has 1 aromatic rings. The Hall–Kier alpha value is -1.50. The quantitative estimate of drug-likeness (QED) is 0.826. The second-order valence-electron chi connectivity index (χ2n) is 2.66. The lowest BCUT2D eigenvalue weighted by molar-refractivity contribution is -0.159. The Bertz CT molecular complexity index is 384. The largest absolute Gasteiger partial charge is 0.440 e. The molecule has 0 radical (unpaired) electrons. The van der Waals surface area contributed by atoms with E-state index in [1.54, 1.807) is 0 Å². The molecule has 88 valence electrons. The fourth-order valence-corrected chi connectivity index (χ4v) is 0.939. The van der Waals surface area contributed by atoms with Gasteiger partial charge in [-0.3, -0.25) is 5.32 Å². The van der Waals surface area contributed by atoms with Gasteiger partial charge in [0.15, 0.2) is 11.8 Å². The van der Waals surface area contributed by atoms with Gasteiger partial charge in [-0.1, -0.05) is 11.6 Å². The van der Waals surface area contributed by atoms with Gasteiger partial charge in [-0.15, -0.1) is 0 Å². The first kappa shape index (κ1) is 12.6. The minimum absolute atomic E-state index is 0.0357. The molecule has 0 spiro atoms. The second kappa shape index (κ2) is 5.02. The zero-order valence-electron chi connectivity index (χ0n) is 7.71. The maximum Gasteiger partial charge on any atom is 0.422 e. The molecular formula is C8H6ClF3N2O2. The van der Waals surface area contributed by atoms with E-state index in [2.05, 4.69) is 9.72 Å². The van der Waals surface area contributed by atoms with Crippen molar-refractivity contribution in [2.75, 3.05) is 11.9 Å². The van der Waals surface area contributed by atoms with Gasteiger partial charge >= 0.3 is 12.3 Å². The van der Waals surface area contributed by atoms with Crippen LogP contribution in [-0.4, -0.2) is 23.9 Å². The molecule has 0 aliphatic carbocycles. The van der Waals surface area contributed by atoms with E-state index in [0.717, 1.165) is 0 Å². The van der Waals surface area contributed by atoms with Crippen molar-refractivity contribution in [3.63, 3.8) is 0 Å². The minimum atomic E-state index is -4.56. The van der Waals surface area contributed by atoms with Crippen molar-refractivity contribution in [1.82, 2.24) is 4.98 Å². The summed E-state index contributed by atoms with van der Waals surface area (Å²) in [6.07, 6.45) is -4.43. The minimum Gasteiger partial charge on any atom is -0.440 e. The number of ether oxygens (including phenoxy) is 1. The fraction of sp³-hybridized carbons (Fsp3) is 0.250. The summed E-state index contributed by atoms with van der Waals surface area (Å²) in [7, 11) is 0. The topological polar surface area (TPSA) is 51.2 Å². The van der Waals surface area contributed by atoms with Crippen molar-refractivity contribution < 1.29 is 22.7 Å². The van der Waals surface area contributed by atoms with Crippen molar-refractivity contribution in [2.45, 2.75) is 6.18 Å². The van der Waals surface area contributed by atoms with Gasteiger partial charge in [0, 0.05) is 6.20 Å². The number of nitrogens with zero attached hydrogens (tertiary/aromatic N) is 1. The zero-order chi connectivity index (χ0) is 12.2. The summed E-state index contributed by atoms with van der Waals surface area (Å²) in [6.45, 7) is -1.66. The molecule has 0 atom stereocenters. The number of rotatable bonds is 2. The molecule has 1 heterocycles. The Morgan fingerprint density at radius 1 is 1.56 bits per heavy atom. The summed E-state index contributed by atoms with van der Waals surface area (Å²) in [6, 6.07) is 2.84. The normalized spacial score (nSPS) is 11.0. The first-order valence-electron chi connectivity index (χ1n) is 3.99. The first-order chi connectivity index (χ1) is 7.38. The Kier molecular flexibility index (Phi) is 3.94. The highest BCUT2D eigenvalue weighted by atomic mass is 35.5. The predicted octanol–water partition coefficient (Wildman–Crippen LogP) is 2.85. The SMILES string of the molecule is O=C(Nc1cccnc1Cl)OCC(F)(F)F. The number of hydrogen-bond acceptors (Lipinski definition) is 3. The average molecular weight is 255 g/mol. The molecule has 0 aliphatic rings. The number of anilines is 1. The molecule has 0 unspecified atom stereocenters. The van der Waals surface area contributed by atoms with E-state index in [0.29, 0.717) is 0 Å². The van der Waals surface area contributed by atoms with Gasteiger partial charge < -0.3 is 4.74 Å². The van der Waals surface area contributed by atoms with Crippen LogP contribution >= 0.6 is 11.6 Å². The average Bonchev–Trinajstić information content (AvgIpc) is 2.18. The highest BCUT2D eigenvalue weighted by molar-refractivity contribution is 6.32. The lowest BCUT2D eigenvalue weighted by Crippen LogP contribution is -2.23. The number of aromatic nitrogens is 1. The van der Waals surface area contributed by atoms with Gasteiger partial charge in [0.1, 0.15) is 0 Å². The first-order valence-corrected chi connectivity index (χ1v) is 4.37. The fourth-order valence-electron chi connectivity index (χ4n) is 0.773. The van der Waals surface area contributed by atoms with E-state index < -0.39 is 18.9 Å². The van der Waals surface area contributed by atoms with Crippen molar-refractivity contribution in [3.8, 4) is 0 Å². The Labute approximate surface area is 93.4 Å². The van der Waals surface area contributed by atoms with Crippen LogP contribution in [0.25, 0.3) is 0 Å². The van der Waals surface area contributed by atoms with Crippen molar-refractivity contribution >= 4 is 23.4 Å². The van der Waals surface area contributed by atoms with E-state index in [1.807, 2.05) is 5.32 Å². The number of halogens is 4. The number of amides is 1. The Balaban J connectivity index is 2.50. The number of hydrogen-bond donors (Lipinski definition) is 1. The van der Waals surface area contributed by atoms with E-state index in [4.69, 9.17) is 11.6 Å². The Morgan fingerprint density at radius 3 is 2.81 bits per heavy atom. The molecule has 16 heavy (non-hydrogen) atoms. The van der Waals surface area contributed by atoms with Gasteiger partial charge in [0.25, 0.3) is 0 Å². The molecule has 1 rings (SSSR count). The van der Waals surface area contributed by atoms with Crippen molar-refractivity contribution in [2.24, 2.45) is 0 Å². The summed E-state index contributed by atoms with van der Waals surface area (Å²) >= 11 is 5.55. The van der Waals surface area contributed by atoms with Gasteiger partial charge in [-0.2, -0.15) is 13.2 Å². The maximum atomic E-state index is 11.7. The molecule has 0 bridgehead atoms. The summed E-state index contributed by atoms with van der Waals surface area (Å²) in [5.74, 6) is 0. The maximum absolute atomic E-state index is 11.7. The third kappa shape index (κ3) is 4.35. The molecular weight excluding hydrogens is 249 g/mol. The summed E-state index contributed by atoms with van der Waals surface area (Å²) in [5.41, 5.74) is 0.0799. The molecule has 1 amide bonds. The van der Waals surface area contributed by atoms with Crippen LogP contribution in [0.1, 0.15) is 0 Å². The lowest BCUT2D eigenvalue weighted by atomic mass is 10.4. The molecule has 1 aromatic heterocycles. The third-order valence-corrected chi connectivity index (χ3v) is 1.66. The van der Waals surface area contributed by atoms with Crippen molar-refractivity contribution in [3.05, 3.63) is 23.5 Å². The van der Waals surface area contributed by atoms with Gasteiger partial charge in [0.05, 0.1) is 5.69 Å². The third-order valence-electron chi connectivity index (χ3n) is 1.36. The number of carbonyl (C=O) groups excluding carboxylic acids is 1. The molecule has 0 saturated carbocycles. The van der Waals surface area contributed by atoms with E-state index in [1.165, 1.54) is 18.3 Å². The van der Waals surface area contributed by atoms with E-state index in [9.17, 15) is 18.0 Å². The molecule has 8 heteroatoms. The van der Waals surface area contributed by atoms with Crippen LogP contribution < -0.4 is 5.32 Å². The van der Waals surface area contributed by atoms with Gasteiger partial charge in [-0.05, 0) is 12.1 Å². The lowest BCUT2D eigenvalue weighted by Gasteiger charge is -2.09. The highest BCUT2D eigenvalue weighted by Gasteiger charge is 2.29. The second-order valence-corrected chi connectivity index (χ2v) is 3.02. The summed E-state index contributed by atoms with van der Waals surface area (Å²) in [5, 5.41) is 1.99. The zero-order valence-corrected chi connectivity index (χ0v) is 8.47.